The van der Waals surface area contributed by atoms with Crippen molar-refractivity contribution in [1.82, 2.24) is 16.0 Å². The van der Waals surface area contributed by atoms with Crippen molar-refractivity contribution in [3.05, 3.63) is 59.2 Å². The molecule has 0 aliphatic heterocycles. The van der Waals surface area contributed by atoms with Gasteiger partial charge in [0, 0.05) is 18.1 Å². The Kier molecular flexibility index (Phi) is 19.5. The number of hydrogen-bond acceptors (Lipinski definition) is 9. The Morgan fingerprint density at radius 2 is 0.857 bits per heavy atom. The van der Waals surface area contributed by atoms with E-state index in [9.17, 15) is 0 Å². The maximum Gasteiger partial charge on any atom is 0.0119 e. The Labute approximate surface area is 255 Å². The van der Waals surface area contributed by atoms with Crippen LogP contribution in [-0.4, -0.2) is 77.0 Å². The van der Waals surface area contributed by atoms with Crippen LogP contribution in [0.3, 0.4) is 0 Å². The normalized spacial score (nSPS) is 13.8. The molecule has 0 heterocycles. The first-order valence-corrected chi connectivity index (χ1v) is 16.2. The molecule has 0 bridgehead atoms. The minimum Gasteiger partial charge on any atom is -0.330 e. The second-order valence-electron chi connectivity index (χ2n) is 11.5. The van der Waals surface area contributed by atoms with E-state index in [4.69, 9.17) is 34.4 Å². The fourth-order valence-electron chi connectivity index (χ4n) is 5.55. The molecule has 0 radical (unpaired) electrons. The van der Waals surface area contributed by atoms with Crippen molar-refractivity contribution in [1.29, 1.82) is 0 Å². The van der Waals surface area contributed by atoms with Gasteiger partial charge in [-0.15, -0.1) is 0 Å². The molecule has 0 saturated heterocycles. The third-order valence-corrected chi connectivity index (χ3v) is 7.75. The lowest BCUT2D eigenvalue weighted by atomic mass is 9.91. The van der Waals surface area contributed by atoms with Crippen LogP contribution in [-0.2, 0) is 19.3 Å². The van der Waals surface area contributed by atoms with Crippen LogP contribution in [0.15, 0.2) is 42.5 Å². The van der Waals surface area contributed by atoms with Crippen molar-refractivity contribution in [3.63, 3.8) is 0 Å². The molecular formula is C33H61N9. The van der Waals surface area contributed by atoms with Crippen LogP contribution in [0.4, 0.5) is 0 Å². The lowest BCUT2D eigenvalue weighted by Crippen LogP contribution is -2.35. The molecule has 2 aromatic carbocycles. The molecule has 0 spiro atoms. The first kappa shape index (κ1) is 36.3. The van der Waals surface area contributed by atoms with Gasteiger partial charge in [-0.3, -0.25) is 0 Å². The molecule has 0 saturated carbocycles. The van der Waals surface area contributed by atoms with E-state index >= 15 is 0 Å². The number of hydrogen-bond donors (Lipinski definition) is 9. The average molecular weight is 584 g/mol. The lowest BCUT2D eigenvalue weighted by molar-refractivity contribution is 0.475. The lowest BCUT2D eigenvalue weighted by Gasteiger charge is -2.22. The molecule has 0 aromatic heterocycles. The van der Waals surface area contributed by atoms with E-state index in [-0.39, 0.29) is 0 Å². The molecule has 2 rings (SSSR count). The summed E-state index contributed by atoms with van der Waals surface area (Å²) in [5.41, 5.74) is 41.6. The van der Waals surface area contributed by atoms with Crippen molar-refractivity contribution < 1.29 is 0 Å². The molecule has 2 aromatic rings. The van der Waals surface area contributed by atoms with Gasteiger partial charge in [0.05, 0.1) is 0 Å². The van der Waals surface area contributed by atoms with Crippen LogP contribution in [0, 0.1) is 0 Å². The molecule has 42 heavy (non-hydrogen) atoms. The molecule has 3 unspecified atom stereocenters. The third kappa shape index (κ3) is 14.5. The van der Waals surface area contributed by atoms with Gasteiger partial charge in [-0.1, -0.05) is 42.5 Å². The van der Waals surface area contributed by atoms with E-state index in [0.29, 0.717) is 57.4 Å². The minimum atomic E-state index is 0.315. The van der Waals surface area contributed by atoms with Crippen molar-refractivity contribution >= 4 is 0 Å². The van der Waals surface area contributed by atoms with E-state index in [2.05, 4.69) is 58.4 Å². The summed E-state index contributed by atoms with van der Waals surface area (Å²) < 4.78 is 0. The highest BCUT2D eigenvalue weighted by molar-refractivity contribution is 5.66. The summed E-state index contributed by atoms with van der Waals surface area (Å²) in [6.45, 7) is 6.77. The SMILES string of the molecule is NCCCNC(CCN)Cc1cccc(-c2cc(CC(CCN)NCCCN)cc(CC(CCN)NCCCN)c2)c1. The molecule has 0 fully saturated rings. The van der Waals surface area contributed by atoms with Crippen molar-refractivity contribution in [3.8, 4) is 11.1 Å². The Morgan fingerprint density at radius 1 is 0.452 bits per heavy atom. The first-order chi connectivity index (χ1) is 20.6. The summed E-state index contributed by atoms with van der Waals surface area (Å²) in [5, 5.41) is 11.0. The molecule has 238 valence electrons. The van der Waals surface area contributed by atoms with Gasteiger partial charge >= 0.3 is 0 Å². The maximum atomic E-state index is 6.00. The number of nitrogens with one attached hydrogen (secondary N) is 3. The molecule has 15 N–H and O–H groups in total. The van der Waals surface area contributed by atoms with E-state index in [0.717, 1.165) is 77.4 Å². The second-order valence-corrected chi connectivity index (χ2v) is 11.5. The maximum absolute atomic E-state index is 6.00. The van der Waals surface area contributed by atoms with Crippen LogP contribution in [0.1, 0.15) is 55.2 Å². The Balaban J connectivity index is 2.37. The zero-order valence-corrected chi connectivity index (χ0v) is 26.0. The Bertz CT molecular complexity index is 915. The summed E-state index contributed by atoms with van der Waals surface area (Å²) in [5.74, 6) is 0. The van der Waals surface area contributed by atoms with Gasteiger partial charge in [-0.05, 0) is 145 Å². The van der Waals surface area contributed by atoms with Crippen molar-refractivity contribution in [2.45, 2.75) is 75.9 Å². The van der Waals surface area contributed by atoms with Gasteiger partial charge in [0.2, 0.25) is 0 Å². The monoisotopic (exact) mass is 584 g/mol. The highest BCUT2D eigenvalue weighted by atomic mass is 14.9. The van der Waals surface area contributed by atoms with Crippen LogP contribution in [0.25, 0.3) is 11.1 Å². The summed E-state index contributed by atoms with van der Waals surface area (Å²) in [7, 11) is 0. The van der Waals surface area contributed by atoms with Gasteiger partial charge in [0.15, 0.2) is 0 Å². The average Bonchev–Trinajstić information content (AvgIpc) is 2.98. The van der Waals surface area contributed by atoms with Crippen LogP contribution in [0.5, 0.6) is 0 Å². The van der Waals surface area contributed by atoms with Gasteiger partial charge in [-0.2, -0.15) is 0 Å². The zero-order valence-electron chi connectivity index (χ0n) is 26.0. The fourth-order valence-corrected chi connectivity index (χ4v) is 5.55. The molecule has 3 atom stereocenters. The van der Waals surface area contributed by atoms with Crippen LogP contribution >= 0.6 is 0 Å². The third-order valence-electron chi connectivity index (χ3n) is 7.75. The first-order valence-electron chi connectivity index (χ1n) is 16.2. The van der Waals surface area contributed by atoms with Crippen LogP contribution < -0.4 is 50.4 Å². The molecule has 0 aliphatic rings. The van der Waals surface area contributed by atoms with Crippen molar-refractivity contribution in [2.24, 2.45) is 34.4 Å². The summed E-state index contributed by atoms with van der Waals surface area (Å²) >= 11 is 0. The molecule has 0 amide bonds. The highest BCUT2D eigenvalue weighted by Gasteiger charge is 2.15. The highest BCUT2D eigenvalue weighted by Crippen LogP contribution is 2.26. The van der Waals surface area contributed by atoms with E-state index in [1.165, 1.54) is 27.8 Å². The van der Waals surface area contributed by atoms with Gasteiger partial charge < -0.3 is 50.4 Å². The molecule has 9 heteroatoms. The second kappa shape index (κ2) is 22.6. The van der Waals surface area contributed by atoms with Gasteiger partial charge in [0.25, 0.3) is 0 Å². The van der Waals surface area contributed by atoms with Crippen molar-refractivity contribution in [2.75, 3.05) is 58.9 Å². The number of rotatable bonds is 25. The van der Waals surface area contributed by atoms with Crippen LogP contribution in [0.2, 0.25) is 0 Å². The van der Waals surface area contributed by atoms with Gasteiger partial charge in [-0.25, -0.2) is 0 Å². The Morgan fingerprint density at radius 3 is 1.26 bits per heavy atom. The summed E-state index contributed by atoms with van der Waals surface area (Å²) in [4.78, 5) is 0. The quantitative estimate of drug-likeness (QED) is 0.0765. The van der Waals surface area contributed by atoms with Gasteiger partial charge in [0.1, 0.15) is 0 Å². The zero-order chi connectivity index (χ0) is 30.4. The van der Waals surface area contributed by atoms with E-state index in [1.807, 2.05) is 0 Å². The minimum absolute atomic E-state index is 0.315. The largest absolute Gasteiger partial charge is 0.330 e. The number of nitrogens with two attached hydrogens (primary N) is 6. The molecule has 0 aliphatic carbocycles. The van der Waals surface area contributed by atoms with E-state index < -0.39 is 0 Å². The number of benzene rings is 2. The summed E-state index contributed by atoms with van der Waals surface area (Å²) in [6, 6.07) is 17.0. The standard InChI is InChI=1S/C33H61N9/c34-10-2-16-40-31(7-13-37)23-26-5-1-6-29(20-26)30-21-27(24-32(8-14-38)41-17-3-11-35)19-28(22-30)25-33(9-15-39)42-18-4-12-36/h1,5-6,19-22,31-33,40-42H,2-4,7-18,23-25,34-39H2. The fraction of sp³-hybridized carbons (Fsp3) is 0.636. The smallest absolute Gasteiger partial charge is 0.0119 e. The Hall–Kier alpha value is -1.92. The molecule has 9 nitrogen and oxygen atoms in total. The predicted molar refractivity (Wildman–Crippen MR) is 180 cm³/mol. The summed E-state index contributed by atoms with van der Waals surface area (Å²) in [6.07, 6.45) is 8.47. The van der Waals surface area contributed by atoms with E-state index in [1.54, 1.807) is 0 Å². The molecular weight excluding hydrogens is 522 g/mol. The topological polar surface area (TPSA) is 192 Å². The predicted octanol–water partition coefficient (Wildman–Crippen LogP) is 0.949.